The zero-order valence-electron chi connectivity index (χ0n) is 8.41. The Morgan fingerprint density at radius 3 is 2.93 bits per heavy atom. The highest BCUT2D eigenvalue weighted by molar-refractivity contribution is 6.08. The number of hydrogen-bond acceptors (Lipinski definition) is 3. The summed E-state index contributed by atoms with van der Waals surface area (Å²) < 4.78 is 5.17. The van der Waals surface area contributed by atoms with Crippen LogP contribution in [0.3, 0.4) is 0 Å². The predicted molar refractivity (Wildman–Crippen MR) is 53.1 cm³/mol. The lowest BCUT2D eigenvalue weighted by Crippen LogP contribution is -2.15. The third-order valence-electron chi connectivity index (χ3n) is 2.32. The summed E-state index contributed by atoms with van der Waals surface area (Å²) in [6, 6.07) is 1.87. The maximum atomic E-state index is 11.8. The van der Waals surface area contributed by atoms with E-state index in [1.165, 1.54) is 0 Å². The van der Waals surface area contributed by atoms with Crippen LogP contribution in [0.15, 0.2) is 28.5 Å². The molecule has 0 fully saturated rings. The molecule has 0 unspecified atom stereocenters. The topological polar surface area (TPSA) is 33.5 Å². The molecule has 1 aromatic rings. The molecule has 2 rings (SSSR count). The zero-order valence-corrected chi connectivity index (χ0v) is 8.41. The Morgan fingerprint density at radius 1 is 1.43 bits per heavy atom. The van der Waals surface area contributed by atoms with Crippen molar-refractivity contribution in [3.63, 3.8) is 0 Å². The molecule has 0 saturated carbocycles. The van der Waals surface area contributed by atoms with Gasteiger partial charge in [-0.15, -0.1) is 0 Å². The second-order valence-corrected chi connectivity index (χ2v) is 3.72. The van der Waals surface area contributed by atoms with Crippen molar-refractivity contribution in [3.8, 4) is 0 Å². The molecule has 0 atom stereocenters. The van der Waals surface area contributed by atoms with Gasteiger partial charge in [0.05, 0.1) is 6.26 Å². The molecule has 3 heteroatoms. The first-order valence-electron chi connectivity index (χ1n) is 4.66. The molecule has 0 amide bonds. The maximum absolute atomic E-state index is 11.8. The molecule has 74 valence electrons. The fourth-order valence-corrected chi connectivity index (χ4v) is 1.70. The number of nitrogens with zero attached hydrogens (tertiary/aromatic N) is 1. The third kappa shape index (κ3) is 1.45. The maximum Gasteiger partial charge on any atom is 0.225 e. The molecule has 3 nitrogen and oxygen atoms in total. The molecule has 1 aliphatic carbocycles. The van der Waals surface area contributed by atoms with Crippen LogP contribution in [0.4, 0.5) is 0 Å². The largest absolute Gasteiger partial charge is 0.461 e. The van der Waals surface area contributed by atoms with Gasteiger partial charge >= 0.3 is 0 Å². The van der Waals surface area contributed by atoms with Crippen LogP contribution in [-0.4, -0.2) is 24.8 Å². The molecule has 1 aliphatic rings. The van der Waals surface area contributed by atoms with E-state index in [0.717, 1.165) is 24.0 Å². The highest BCUT2D eigenvalue weighted by Gasteiger charge is 2.24. The minimum atomic E-state index is 0.0324. The number of rotatable bonds is 1. The van der Waals surface area contributed by atoms with Gasteiger partial charge in [0.1, 0.15) is 0 Å². The number of furan rings is 1. The molecule has 1 aromatic heterocycles. The van der Waals surface area contributed by atoms with Gasteiger partial charge in [0, 0.05) is 31.4 Å². The average Bonchev–Trinajstić information content (AvgIpc) is 2.57. The van der Waals surface area contributed by atoms with Gasteiger partial charge in [0.2, 0.25) is 5.78 Å². The van der Waals surface area contributed by atoms with Crippen LogP contribution in [0.2, 0.25) is 0 Å². The van der Waals surface area contributed by atoms with E-state index in [-0.39, 0.29) is 5.78 Å². The lowest BCUT2D eigenvalue weighted by atomic mass is 9.93. The van der Waals surface area contributed by atoms with Gasteiger partial charge in [-0.2, -0.15) is 0 Å². The van der Waals surface area contributed by atoms with Gasteiger partial charge in [-0.1, -0.05) is 0 Å². The average molecular weight is 191 g/mol. The fourth-order valence-electron chi connectivity index (χ4n) is 1.70. The van der Waals surface area contributed by atoms with Crippen LogP contribution in [-0.2, 0) is 6.42 Å². The van der Waals surface area contributed by atoms with Crippen molar-refractivity contribution < 1.29 is 9.21 Å². The number of allylic oxidation sites excluding steroid dienone is 1. The molecule has 0 saturated heterocycles. The quantitative estimate of drug-likeness (QED) is 0.635. The van der Waals surface area contributed by atoms with E-state index in [2.05, 4.69) is 0 Å². The van der Waals surface area contributed by atoms with E-state index in [1.807, 2.05) is 31.3 Å². The SMILES string of the molecule is CN(C)/C=C1\CCc2ccoc2C1=O. The van der Waals surface area contributed by atoms with Crippen LogP contribution in [0.1, 0.15) is 22.5 Å². The molecule has 0 aliphatic heterocycles. The van der Waals surface area contributed by atoms with Crippen molar-refractivity contribution in [1.82, 2.24) is 4.90 Å². The first-order valence-corrected chi connectivity index (χ1v) is 4.66. The van der Waals surface area contributed by atoms with Crippen LogP contribution >= 0.6 is 0 Å². The van der Waals surface area contributed by atoms with Gasteiger partial charge in [-0.25, -0.2) is 0 Å². The summed E-state index contributed by atoms with van der Waals surface area (Å²) in [5.74, 6) is 0.550. The Kier molecular flexibility index (Phi) is 2.15. The molecule has 0 radical (unpaired) electrons. The van der Waals surface area contributed by atoms with Crippen LogP contribution in [0.25, 0.3) is 0 Å². The molecule has 0 bridgehead atoms. The van der Waals surface area contributed by atoms with Crippen molar-refractivity contribution >= 4 is 5.78 Å². The number of fused-ring (bicyclic) bond motifs is 1. The van der Waals surface area contributed by atoms with Gasteiger partial charge in [-0.05, 0) is 18.9 Å². The van der Waals surface area contributed by atoms with Crippen molar-refractivity contribution in [2.24, 2.45) is 0 Å². The summed E-state index contributed by atoms with van der Waals surface area (Å²) in [6.07, 6.45) is 5.16. The Hall–Kier alpha value is -1.51. The van der Waals surface area contributed by atoms with Gasteiger partial charge < -0.3 is 9.32 Å². The summed E-state index contributed by atoms with van der Waals surface area (Å²) in [4.78, 5) is 13.7. The fraction of sp³-hybridized carbons (Fsp3) is 0.364. The second-order valence-electron chi connectivity index (χ2n) is 3.72. The summed E-state index contributed by atoms with van der Waals surface area (Å²) in [5.41, 5.74) is 1.86. The molecular formula is C11H13NO2. The molecule has 1 heterocycles. The number of carbonyl (C=O) groups excluding carboxylic acids is 1. The second kappa shape index (κ2) is 3.33. The summed E-state index contributed by atoms with van der Waals surface area (Å²) in [7, 11) is 3.83. The van der Waals surface area contributed by atoms with E-state index >= 15 is 0 Å². The Morgan fingerprint density at radius 2 is 2.21 bits per heavy atom. The molecular weight excluding hydrogens is 178 g/mol. The summed E-state index contributed by atoms with van der Waals surface area (Å²) in [5, 5.41) is 0. The number of Topliss-reactive ketones (excluding diaryl/α,β-unsaturated/α-hetero) is 1. The summed E-state index contributed by atoms with van der Waals surface area (Å²) in [6.45, 7) is 0. The first kappa shape index (κ1) is 9.06. The van der Waals surface area contributed by atoms with Crippen molar-refractivity contribution in [1.29, 1.82) is 0 Å². The van der Waals surface area contributed by atoms with Crippen LogP contribution in [0, 0.1) is 0 Å². The molecule has 0 N–H and O–H groups in total. The standard InChI is InChI=1S/C11H13NO2/c1-12(2)7-9-4-3-8-5-6-14-11(8)10(9)13/h5-7H,3-4H2,1-2H3/b9-7+. The van der Waals surface area contributed by atoms with E-state index in [0.29, 0.717) is 5.76 Å². The highest BCUT2D eigenvalue weighted by atomic mass is 16.3. The van der Waals surface area contributed by atoms with Crippen molar-refractivity contribution in [3.05, 3.63) is 35.4 Å². The van der Waals surface area contributed by atoms with E-state index in [1.54, 1.807) is 6.26 Å². The molecule has 0 spiro atoms. The van der Waals surface area contributed by atoms with Gasteiger partial charge in [0.25, 0.3) is 0 Å². The van der Waals surface area contributed by atoms with E-state index in [4.69, 9.17) is 4.42 Å². The predicted octanol–water partition coefficient (Wildman–Crippen LogP) is 1.85. The van der Waals surface area contributed by atoms with E-state index < -0.39 is 0 Å². The summed E-state index contributed by atoms with van der Waals surface area (Å²) >= 11 is 0. The number of aryl methyl sites for hydroxylation is 1. The first-order chi connectivity index (χ1) is 6.68. The van der Waals surface area contributed by atoms with Crippen LogP contribution < -0.4 is 0 Å². The molecule has 0 aromatic carbocycles. The van der Waals surface area contributed by atoms with Gasteiger partial charge in [-0.3, -0.25) is 4.79 Å². The normalized spacial score (nSPS) is 18.4. The zero-order chi connectivity index (χ0) is 10.1. The van der Waals surface area contributed by atoms with Crippen molar-refractivity contribution in [2.75, 3.05) is 14.1 Å². The minimum Gasteiger partial charge on any atom is -0.461 e. The Labute approximate surface area is 83.0 Å². The van der Waals surface area contributed by atoms with Crippen LogP contribution in [0.5, 0.6) is 0 Å². The number of carbonyl (C=O) groups is 1. The smallest absolute Gasteiger partial charge is 0.225 e. The lowest BCUT2D eigenvalue weighted by Gasteiger charge is -2.14. The molecule has 14 heavy (non-hydrogen) atoms. The lowest BCUT2D eigenvalue weighted by molar-refractivity contribution is 0.0992. The Bertz CT molecular complexity index is 388. The third-order valence-corrected chi connectivity index (χ3v) is 2.32. The monoisotopic (exact) mass is 191 g/mol. The minimum absolute atomic E-state index is 0.0324. The van der Waals surface area contributed by atoms with Gasteiger partial charge in [0.15, 0.2) is 5.76 Å². The number of hydrogen-bond donors (Lipinski definition) is 0. The Balaban J connectivity index is 2.34. The number of ketones is 1. The highest BCUT2D eigenvalue weighted by Crippen LogP contribution is 2.25. The van der Waals surface area contributed by atoms with Crippen molar-refractivity contribution in [2.45, 2.75) is 12.8 Å². The van der Waals surface area contributed by atoms with E-state index in [9.17, 15) is 4.79 Å².